The van der Waals surface area contributed by atoms with Crippen LogP contribution < -0.4 is 22.5 Å². The Bertz CT molecular complexity index is 381. The second-order valence-corrected chi connectivity index (χ2v) is 5.92. The molecule has 2 atom stereocenters. The third kappa shape index (κ3) is 11.6. The van der Waals surface area contributed by atoms with E-state index in [1.807, 2.05) is 0 Å². The van der Waals surface area contributed by atoms with Crippen molar-refractivity contribution in [2.45, 2.75) is 77.3 Å². The molecule has 0 aromatic carbocycles. The number of unbranched alkanes of at least 4 members (excludes halogenated alkanes) is 4. The van der Waals surface area contributed by atoms with E-state index >= 15 is 0 Å². The number of hydrogen-bond acceptors (Lipinski definition) is 4. The molecule has 0 saturated heterocycles. The van der Waals surface area contributed by atoms with Gasteiger partial charge >= 0.3 is 0 Å². The van der Waals surface area contributed by atoms with Gasteiger partial charge in [0.2, 0.25) is 5.91 Å². The number of nitrogens with one attached hydrogen (secondary N) is 1. The number of carbonyl (C=O) groups excluding carboxylic acids is 2. The first-order chi connectivity index (χ1) is 10.9. The van der Waals surface area contributed by atoms with E-state index in [1.165, 1.54) is 6.92 Å². The van der Waals surface area contributed by atoms with Crippen LogP contribution >= 0.6 is 0 Å². The summed E-state index contributed by atoms with van der Waals surface area (Å²) in [5.74, 6) is -0.215. The van der Waals surface area contributed by atoms with Crippen molar-refractivity contribution in [2.75, 3.05) is 6.54 Å². The summed E-state index contributed by atoms with van der Waals surface area (Å²) in [5, 5.41) is 2.85. The van der Waals surface area contributed by atoms with Gasteiger partial charge < -0.3 is 22.5 Å². The molecule has 0 aromatic rings. The average Bonchev–Trinajstić information content (AvgIpc) is 2.49. The molecule has 0 aliphatic rings. The summed E-state index contributed by atoms with van der Waals surface area (Å²) >= 11 is 0. The Morgan fingerprint density at radius 1 is 1.04 bits per heavy atom. The van der Waals surface area contributed by atoms with Crippen molar-refractivity contribution in [3.63, 3.8) is 0 Å². The Labute approximate surface area is 139 Å². The van der Waals surface area contributed by atoms with Gasteiger partial charge in [-0.2, -0.15) is 0 Å². The molecule has 7 nitrogen and oxygen atoms in total. The second kappa shape index (κ2) is 12.9. The Morgan fingerprint density at radius 2 is 1.70 bits per heavy atom. The molecule has 7 N–H and O–H groups in total. The fourth-order valence-electron chi connectivity index (χ4n) is 2.22. The summed E-state index contributed by atoms with van der Waals surface area (Å²) in [6.07, 6.45) is 7.15. The predicted molar refractivity (Wildman–Crippen MR) is 93.9 cm³/mol. The molecule has 0 heterocycles. The minimum Gasteiger partial charge on any atom is -0.370 e. The van der Waals surface area contributed by atoms with E-state index in [0.29, 0.717) is 19.4 Å². The number of ketones is 1. The van der Waals surface area contributed by atoms with Gasteiger partial charge in [-0.1, -0.05) is 32.6 Å². The molecule has 0 aliphatic heterocycles. The van der Waals surface area contributed by atoms with Gasteiger partial charge in [0.15, 0.2) is 5.96 Å². The Hall–Kier alpha value is -1.63. The largest absolute Gasteiger partial charge is 0.370 e. The fourth-order valence-corrected chi connectivity index (χ4v) is 2.22. The van der Waals surface area contributed by atoms with E-state index in [2.05, 4.69) is 17.2 Å². The molecule has 23 heavy (non-hydrogen) atoms. The van der Waals surface area contributed by atoms with Crippen LogP contribution in [-0.2, 0) is 9.59 Å². The van der Waals surface area contributed by atoms with Crippen LogP contribution in [0.15, 0.2) is 4.99 Å². The molecular formula is C16H33N5O2. The summed E-state index contributed by atoms with van der Waals surface area (Å²) in [7, 11) is 0. The first-order valence-electron chi connectivity index (χ1n) is 8.51. The van der Waals surface area contributed by atoms with Crippen molar-refractivity contribution < 1.29 is 9.59 Å². The lowest BCUT2D eigenvalue weighted by Crippen LogP contribution is -2.37. The maximum atomic E-state index is 12.1. The highest BCUT2D eigenvalue weighted by molar-refractivity contribution is 5.86. The predicted octanol–water partition coefficient (Wildman–Crippen LogP) is 0.802. The van der Waals surface area contributed by atoms with E-state index in [0.717, 1.165) is 38.5 Å². The van der Waals surface area contributed by atoms with E-state index in [9.17, 15) is 9.59 Å². The molecule has 0 bridgehead atoms. The van der Waals surface area contributed by atoms with Crippen molar-refractivity contribution in [3.8, 4) is 0 Å². The quantitative estimate of drug-likeness (QED) is 0.225. The summed E-state index contributed by atoms with van der Waals surface area (Å²) in [4.78, 5) is 27.2. The van der Waals surface area contributed by atoms with E-state index < -0.39 is 12.1 Å². The van der Waals surface area contributed by atoms with Crippen LogP contribution in [0.25, 0.3) is 0 Å². The van der Waals surface area contributed by atoms with Gasteiger partial charge in [-0.05, 0) is 32.6 Å². The minimum absolute atomic E-state index is 0.00561. The maximum absolute atomic E-state index is 12.1. The first-order valence-corrected chi connectivity index (χ1v) is 8.51. The highest BCUT2D eigenvalue weighted by atomic mass is 16.2. The third-order valence-corrected chi connectivity index (χ3v) is 3.70. The number of aliphatic imine (C=N–C) groups is 1. The van der Waals surface area contributed by atoms with E-state index in [-0.39, 0.29) is 17.6 Å². The molecule has 0 rings (SSSR count). The van der Waals surface area contributed by atoms with Gasteiger partial charge in [-0.25, -0.2) is 4.99 Å². The zero-order chi connectivity index (χ0) is 17.7. The standard InChI is InChI=1S/C16H33N5O2/c1-3-4-5-6-10-14(21-16(18)19)15(23)20-11-8-7-9-13(17)12(2)22/h13-14H,3-11,17H2,1-2H3,(H,20,23)(H4,18,19,21). The number of amides is 1. The van der Waals surface area contributed by atoms with Crippen LogP contribution in [0.1, 0.15) is 65.2 Å². The van der Waals surface area contributed by atoms with Gasteiger partial charge in [0, 0.05) is 6.54 Å². The SMILES string of the molecule is CCCCCCC(N=C(N)N)C(=O)NCCCCC(N)C(C)=O. The van der Waals surface area contributed by atoms with Gasteiger partial charge in [0.05, 0.1) is 6.04 Å². The first kappa shape index (κ1) is 21.4. The molecule has 7 heteroatoms. The van der Waals surface area contributed by atoms with Crippen LogP contribution in [0, 0.1) is 0 Å². The lowest BCUT2D eigenvalue weighted by atomic mass is 10.1. The minimum atomic E-state index is -0.517. The van der Waals surface area contributed by atoms with Gasteiger partial charge in [-0.15, -0.1) is 0 Å². The lowest BCUT2D eigenvalue weighted by molar-refractivity contribution is -0.122. The zero-order valence-electron chi connectivity index (χ0n) is 14.5. The topological polar surface area (TPSA) is 137 Å². The molecule has 0 fully saturated rings. The molecule has 134 valence electrons. The molecular weight excluding hydrogens is 294 g/mol. The van der Waals surface area contributed by atoms with Crippen LogP contribution in [0.5, 0.6) is 0 Å². The highest BCUT2D eigenvalue weighted by Gasteiger charge is 2.17. The number of guanidine groups is 1. The van der Waals surface area contributed by atoms with Crippen molar-refractivity contribution in [2.24, 2.45) is 22.2 Å². The van der Waals surface area contributed by atoms with Gasteiger partial charge in [0.25, 0.3) is 0 Å². The molecule has 0 spiro atoms. The third-order valence-electron chi connectivity index (χ3n) is 3.70. The zero-order valence-corrected chi connectivity index (χ0v) is 14.5. The summed E-state index contributed by atoms with van der Waals surface area (Å²) in [6.45, 7) is 4.16. The Balaban J connectivity index is 4.08. The van der Waals surface area contributed by atoms with Crippen LogP contribution in [0.3, 0.4) is 0 Å². The summed E-state index contributed by atoms with van der Waals surface area (Å²) < 4.78 is 0. The monoisotopic (exact) mass is 327 g/mol. The molecule has 1 amide bonds. The number of rotatable bonds is 13. The van der Waals surface area contributed by atoms with Crippen LogP contribution in [0.4, 0.5) is 0 Å². The fraction of sp³-hybridized carbons (Fsp3) is 0.812. The number of Topliss-reactive ketones (excluding diaryl/α,β-unsaturated/α-hetero) is 1. The van der Waals surface area contributed by atoms with Crippen LogP contribution in [-0.4, -0.2) is 36.3 Å². The smallest absolute Gasteiger partial charge is 0.244 e. The second-order valence-electron chi connectivity index (χ2n) is 5.92. The number of hydrogen-bond donors (Lipinski definition) is 4. The average molecular weight is 327 g/mol. The normalized spacial score (nSPS) is 13.2. The molecule has 2 unspecified atom stereocenters. The summed E-state index contributed by atoms with van der Waals surface area (Å²) in [5.41, 5.74) is 16.5. The summed E-state index contributed by atoms with van der Waals surface area (Å²) in [6, 6.07) is -0.921. The van der Waals surface area contributed by atoms with Crippen molar-refractivity contribution in [3.05, 3.63) is 0 Å². The Morgan fingerprint density at radius 3 is 2.26 bits per heavy atom. The van der Waals surface area contributed by atoms with E-state index in [1.54, 1.807) is 0 Å². The molecule has 0 aliphatic carbocycles. The lowest BCUT2D eigenvalue weighted by Gasteiger charge is -2.13. The molecule has 0 aromatic heterocycles. The van der Waals surface area contributed by atoms with Gasteiger partial charge in [-0.3, -0.25) is 9.59 Å². The van der Waals surface area contributed by atoms with E-state index in [4.69, 9.17) is 17.2 Å². The molecule has 0 saturated carbocycles. The Kier molecular flexibility index (Phi) is 12.0. The highest BCUT2D eigenvalue weighted by Crippen LogP contribution is 2.09. The van der Waals surface area contributed by atoms with Gasteiger partial charge in [0.1, 0.15) is 11.8 Å². The number of nitrogens with two attached hydrogens (primary N) is 3. The van der Waals surface area contributed by atoms with Crippen molar-refractivity contribution >= 4 is 17.6 Å². The number of carbonyl (C=O) groups is 2. The molecule has 0 radical (unpaired) electrons. The number of nitrogens with zero attached hydrogens (tertiary/aromatic N) is 1. The van der Waals surface area contributed by atoms with Crippen molar-refractivity contribution in [1.29, 1.82) is 0 Å². The van der Waals surface area contributed by atoms with Crippen LogP contribution in [0.2, 0.25) is 0 Å². The van der Waals surface area contributed by atoms with Crippen molar-refractivity contribution in [1.82, 2.24) is 5.32 Å². The maximum Gasteiger partial charge on any atom is 0.244 e.